The summed E-state index contributed by atoms with van der Waals surface area (Å²) in [7, 11) is 1.30. The summed E-state index contributed by atoms with van der Waals surface area (Å²) < 4.78 is 4.49. The summed E-state index contributed by atoms with van der Waals surface area (Å²) in [4.78, 5) is 34.5. The van der Waals surface area contributed by atoms with Crippen LogP contribution in [-0.4, -0.2) is 31.4 Å². The quantitative estimate of drug-likeness (QED) is 0.774. The summed E-state index contributed by atoms with van der Waals surface area (Å²) in [6, 6.07) is 6.72. The minimum Gasteiger partial charge on any atom is -0.469 e. The van der Waals surface area contributed by atoms with Crippen molar-refractivity contribution in [3.05, 3.63) is 29.8 Å². The standard InChI is InChI=1S/C15H18N2O4/c1-21-13(18)7-8-16-14(19)11-3-2-4-12(9-11)17-15(20)10-5-6-10/h2-4,9-10H,5-8H2,1H3,(H,16,19)(H,17,20). The first kappa shape index (κ1) is 15.0. The number of carbonyl (C=O) groups is 3. The fraction of sp³-hybridized carbons (Fsp3) is 0.400. The molecule has 112 valence electrons. The summed E-state index contributed by atoms with van der Waals surface area (Å²) >= 11 is 0. The van der Waals surface area contributed by atoms with Crippen LogP contribution in [0.5, 0.6) is 0 Å². The molecule has 1 fully saturated rings. The maximum Gasteiger partial charge on any atom is 0.307 e. The smallest absolute Gasteiger partial charge is 0.307 e. The maximum atomic E-state index is 11.9. The van der Waals surface area contributed by atoms with E-state index in [9.17, 15) is 14.4 Å². The Morgan fingerprint density at radius 3 is 2.71 bits per heavy atom. The second kappa shape index (κ2) is 6.88. The van der Waals surface area contributed by atoms with Crippen LogP contribution in [0.3, 0.4) is 0 Å². The number of hydrogen-bond donors (Lipinski definition) is 2. The lowest BCUT2D eigenvalue weighted by Gasteiger charge is -2.08. The average molecular weight is 290 g/mol. The number of anilines is 1. The van der Waals surface area contributed by atoms with Gasteiger partial charge in [-0.1, -0.05) is 6.07 Å². The lowest BCUT2D eigenvalue weighted by Crippen LogP contribution is -2.26. The molecule has 0 saturated heterocycles. The minimum absolute atomic E-state index is 0.00162. The molecule has 2 rings (SSSR count). The first-order valence-electron chi connectivity index (χ1n) is 6.86. The van der Waals surface area contributed by atoms with Crippen molar-refractivity contribution >= 4 is 23.5 Å². The van der Waals surface area contributed by atoms with Crippen LogP contribution in [0.1, 0.15) is 29.6 Å². The average Bonchev–Trinajstić information content (AvgIpc) is 3.31. The van der Waals surface area contributed by atoms with E-state index in [1.54, 1.807) is 24.3 Å². The molecule has 6 nitrogen and oxygen atoms in total. The number of methoxy groups -OCH3 is 1. The van der Waals surface area contributed by atoms with Crippen LogP contribution in [0, 0.1) is 5.92 Å². The van der Waals surface area contributed by atoms with E-state index in [0.717, 1.165) is 12.8 Å². The Hall–Kier alpha value is -2.37. The summed E-state index contributed by atoms with van der Waals surface area (Å²) in [5.74, 6) is -0.553. The van der Waals surface area contributed by atoms with Gasteiger partial charge in [-0.15, -0.1) is 0 Å². The Morgan fingerprint density at radius 1 is 1.29 bits per heavy atom. The summed E-state index contributed by atoms with van der Waals surface area (Å²) in [5.41, 5.74) is 1.04. The molecule has 1 saturated carbocycles. The van der Waals surface area contributed by atoms with Gasteiger partial charge < -0.3 is 15.4 Å². The van der Waals surface area contributed by atoms with Crippen molar-refractivity contribution in [3.63, 3.8) is 0 Å². The van der Waals surface area contributed by atoms with Crippen molar-refractivity contribution in [2.75, 3.05) is 19.0 Å². The lowest BCUT2D eigenvalue weighted by molar-refractivity contribution is -0.140. The third-order valence-corrected chi connectivity index (χ3v) is 3.18. The fourth-order valence-corrected chi connectivity index (χ4v) is 1.81. The molecular weight excluding hydrogens is 272 g/mol. The number of hydrogen-bond acceptors (Lipinski definition) is 4. The van der Waals surface area contributed by atoms with Crippen molar-refractivity contribution in [1.29, 1.82) is 0 Å². The Balaban J connectivity index is 1.88. The number of amides is 2. The number of esters is 1. The molecule has 1 aliphatic rings. The topological polar surface area (TPSA) is 84.5 Å². The van der Waals surface area contributed by atoms with E-state index in [-0.39, 0.29) is 36.7 Å². The van der Waals surface area contributed by atoms with Crippen LogP contribution in [0.25, 0.3) is 0 Å². The van der Waals surface area contributed by atoms with Gasteiger partial charge in [0, 0.05) is 23.7 Å². The van der Waals surface area contributed by atoms with Gasteiger partial charge >= 0.3 is 5.97 Å². The molecule has 6 heteroatoms. The monoisotopic (exact) mass is 290 g/mol. The number of ether oxygens (including phenoxy) is 1. The van der Waals surface area contributed by atoms with Crippen LogP contribution < -0.4 is 10.6 Å². The largest absolute Gasteiger partial charge is 0.469 e. The summed E-state index contributed by atoms with van der Waals surface area (Å²) in [5, 5.41) is 5.42. The first-order valence-corrected chi connectivity index (χ1v) is 6.86. The molecule has 1 aromatic rings. The van der Waals surface area contributed by atoms with Crippen molar-refractivity contribution in [2.45, 2.75) is 19.3 Å². The molecule has 0 spiro atoms. The zero-order valence-electron chi connectivity index (χ0n) is 11.8. The number of carbonyl (C=O) groups excluding carboxylic acids is 3. The van der Waals surface area contributed by atoms with Gasteiger partial charge in [0.1, 0.15) is 0 Å². The van der Waals surface area contributed by atoms with E-state index >= 15 is 0 Å². The molecule has 0 atom stereocenters. The van der Waals surface area contributed by atoms with Crippen LogP contribution in [0.4, 0.5) is 5.69 Å². The molecule has 0 unspecified atom stereocenters. The molecule has 21 heavy (non-hydrogen) atoms. The first-order chi connectivity index (χ1) is 10.1. The van der Waals surface area contributed by atoms with Crippen molar-refractivity contribution < 1.29 is 19.1 Å². The summed E-state index contributed by atoms with van der Waals surface area (Å²) in [6.07, 6.45) is 1.99. The molecule has 1 aliphatic carbocycles. The van der Waals surface area contributed by atoms with Crippen LogP contribution in [0.2, 0.25) is 0 Å². The van der Waals surface area contributed by atoms with Gasteiger partial charge in [0.25, 0.3) is 5.91 Å². The Kier molecular flexibility index (Phi) is 4.92. The van der Waals surface area contributed by atoms with E-state index in [1.165, 1.54) is 7.11 Å². The molecule has 2 amide bonds. The van der Waals surface area contributed by atoms with Crippen molar-refractivity contribution in [3.8, 4) is 0 Å². The fourth-order valence-electron chi connectivity index (χ4n) is 1.81. The normalized spacial score (nSPS) is 13.4. The van der Waals surface area contributed by atoms with Gasteiger partial charge in [-0.2, -0.15) is 0 Å². The van der Waals surface area contributed by atoms with Gasteiger partial charge in [0.15, 0.2) is 0 Å². The minimum atomic E-state index is -0.374. The maximum absolute atomic E-state index is 11.9. The molecule has 0 aliphatic heterocycles. The highest BCUT2D eigenvalue weighted by Gasteiger charge is 2.29. The molecular formula is C15H18N2O4. The van der Waals surface area contributed by atoms with E-state index < -0.39 is 0 Å². The Bertz CT molecular complexity index is 552. The molecule has 0 bridgehead atoms. The number of benzene rings is 1. The highest BCUT2D eigenvalue weighted by molar-refractivity contribution is 5.98. The number of nitrogens with one attached hydrogen (secondary N) is 2. The van der Waals surface area contributed by atoms with Gasteiger partial charge in [0.2, 0.25) is 5.91 Å². The molecule has 1 aromatic carbocycles. The SMILES string of the molecule is COC(=O)CCNC(=O)c1cccc(NC(=O)C2CC2)c1. The third kappa shape index (κ3) is 4.59. The molecule has 2 N–H and O–H groups in total. The van der Waals surface area contributed by atoms with Gasteiger partial charge in [0.05, 0.1) is 13.5 Å². The molecule has 0 heterocycles. The highest BCUT2D eigenvalue weighted by Crippen LogP contribution is 2.30. The van der Waals surface area contributed by atoms with Gasteiger partial charge in [-0.05, 0) is 31.0 Å². The van der Waals surface area contributed by atoms with Crippen LogP contribution >= 0.6 is 0 Å². The lowest BCUT2D eigenvalue weighted by atomic mass is 10.2. The zero-order chi connectivity index (χ0) is 15.2. The van der Waals surface area contributed by atoms with E-state index in [1.807, 2.05) is 0 Å². The second-order valence-corrected chi connectivity index (χ2v) is 4.93. The van der Waals surface area contributed by atoms with E-state index in [4.69, 9.17) is 0 Å². The Labute approximate surface area is 122 Å². The molecule has 0 radical (unpaired) electrons. The number of rotatable bonds is 6. The second-order valence-electron chi connectivity index (χ2n) is 4.93. The van der Waals surface area contributed by atoms with Crippen LogP contribution in [-0.2, 0) is 14.3 Å². The highest BCUT2D eigenvalue weighted by atomic mass is 16.5. The Morgan fingerprint density at radius 2 is 2.05 bits per heavy atom. The van der Waals surface area contributed by atoms with Crippen molar-refractivity contribution in [2.24, 2.45) is 5.92 Å². The third-order valence-electron chi connectivity index (χ3n) is 3.18. The van der Waals surface area contributed by atoms with Crippen molar-refractivity contribution in [1.82, 2.24) is 5.32 Å². The van der Waals surface area contributed by atoms with E-state index in [2.05, 4.69) is 15.4 Å². The van der Waals surface area contributed by atoms with E-state index in [0.29, 0.717) is 11.3 Å². The van der Waals surface area contributed by atoms with Crippen LogP contribution in [0.15, 0.2) is 24.3 Å². The predicted molar refractivity (Wildman–Crippen MR) is 76.8 cm³/mol. The zero-order valence-corrected chi connectivity index (χ0v) is 11.8. The predicted octanol–water partition coefficient (Wildman–Crippen LogP) is 1.33. The van der Waals surface area contributed by atoms with Gasteiger partial charge in [-0.3, -0.25) is 14.4 Å². The summed E-state index contributed by atoms with van der Waals surface area (Å²) in [6.45, 7) is 0.212. The molecule has 0 aromatic heterocycles. The van der Waals surface area contributed by atoms with Gasteiger partial charge in [-0.25, -0.2) is 0 Å².